The van der Waals surface area contributed by atoms with Gasteiger partial charge in [0.25, 0.3) is 0 Å². The Kier molecular flexibility index (Phi) is 3.91. The van der Waals surface area contributed by atoms with Gasteiger partial charge in [-0.2, -0.15) is 0 Å². The summed E-state index contributed by atoms with van der Waals surface area (Å²) in [7, 11) is 0. The molecule has 20 heavy (non-hydrogen) atoms. The lowest BCUT2D eigenvalue weighted by atomic mass is 9.94. The Morgan fingerprint density at radius 1 is 1.10 bits per heavy atom. The van der Waals surface area contributed by atoms with E-state index in [-0.39, 0.29) is 0 Å². The molecular weight excluding hydrogens is 252 g/mol. The molecule has 0 saturated heterocycles. The number of rotatable bonds is 3. The Hall–Kier alpha value is -2.13. The Balaban J connectivity index is 2.23. The number of ether oxygens (including phenoxy) is 1. The molecule has 0 spiro atoms. The zero-order valence-electron chi connectivity index (χ0n) is 11.9. The third-order valence-corrected chi connectivity index (χ3v) is 3.11. The van der Waals surface area contributed by atoms with Crippen molar-refractivity contribution in [3.63, 3.8) is 0 Å². The van der Waals surface area contributed by atoms with Crippen LogP contribution in [0, 0.1) is 6.92 Å². The largest absolute Gasteiger partial charge is 0.423 e. The van der Waals surface area contributed by atoms with Crippen LogP contribution in [-0.2, 0) is 5.60 Å². The van der Waals surface area contributed by atoms with Gasteiger partial charge in [0.2, 0.25) is 0 Å². The molecule has 2 rings (SSSR count). The summed E-state index contributed by atoms with van der Waals surface area (Å²) < 4.78 is 5.31. The van der Waals surface area contributed by atoms with E-state index in [9.17, 15) is 9.90 Å². The van der Waals surface area contributed by atoms with Crippen molar-refractivity contribution in [1.82, 2.24) is 0 Å². The zero-order chi connectivity index (χ0) is 14.8. The third kappa shape index (κ3) is 3.25. The highest BCUT2D eigenvalue weighted by Crippen LogP contribution is 2.23. The molecule has 1 N–H and O–H groups in total. The van der Waals surface area contributed by atoms with E-state index in [1.165, 1.54) is 0 Å². The molecule has 0 aliphatic heterocycles. The first-order valence-corrected chi connectivity index (χ1v) is 6.48. The van der Waals surface area contributed by atoms with Gasteiger partial charge >= 0.3 is 5.97 Å². The van der Waals surface area contributed by atoms with E-state index < -0.39 is 11.6 Å². The van der Waals surface area contributed by atoms with Gasteiger partial charge in [-0.1, -0.05) is 30.3 Å². The van der Waals surface area contributed by atoms with Gasteiger partial charge in [0, 0.05) is 0 Å². The van der Waals surface area contributed by atoms with E-state index in [1.807, 2.05) is 31.2 Å². The summed E-state index contributed by atoms with van der Waals surface area (Å²) in [5.41, 5.74) is 1.13. The first-order valence-electron chi connectivity index (χ1n) is 6.48. The molecule has 0 amide bonds. The first kappa shape index (κ1) is 14.3. The van der Waals surface area contributed by atoms with Crippen LogP contribution in [0.15, 0.2) is 48.5 Å². The van der Waals surface area contributed by atoms with Crippen molar-refractivity contribution in [1.29, 1.82) is 0 Å². The van der Waals surface area contributed by atoms with Crippen molar-refractivity contribution in [3.8, 4) is 5.75 Å². The number of hydrogen-bond donors (Lipinski definition) is 1. The predicted molar refractivity (Wildman–Crippen MR) is 77.8 cm³/mol. The fraction of sp³-hybridized carbons (Fsp3) is 0.235. The van der Waals surface area contributed by atoms with E-state index in [0.717, 1.165) is 11.1 Å². The normalized spacial score (nSPS) is 11.2. The third-order valence-electron chi connectivity index (χ3n) is 3.11. The molecule has 0 radical (unpaired) electrons. The van der Waals surface area contributed by atoms with Crippen molar-refractivity contribution in [2.75, 3.05) is 0 Å². The Labute approximate surface area is 118 Å². The van der Waals surface area contributed by atoms with Crippen LogP contribution in [0.5, 0.6) is 5.75 Å². The lowest BCUT2D eigenvalue weighted by Gasteiger charge is -2.19. The summed E-state index contributed by atoms with van der Waals surface area (Å²) in [5, 5.41) is 9.96. The molecule has 0 saturated carbocycles. The molecule has 3 heteroatoms. The lowest BCUT2D eigenvalue weighted by molar-refractivity contribution is 0.0726. The van der Waals surface area contributed by atoms with Crippen LogP contribution >= 0.6 is 0 Å². The summed E-state index contributed by atoms with van der Waals surface area (Å²) in [6.45, 7) is 5.25. The van der Waals surface area contributed by atoms with Crippen LogP contribution in [0.3, 0.4) is 0 Å². The maximum atomic E-state index is 12.1. The first-order chi connectivity index (χ1) is 9.38. The van der Waals surface area contributed by atoms with Gasteiger partial charge in [-0.3, -0.25) is 0 Å². The van der Waals surface area contributed by atoms with Gasteiger partial charge < -0.3 is 9.84 Å². The molecule has 104 valence electrons. The van der Waals surface area contributed by atoms with E-state index in [2.05, 4.69) is 0 Å². The maximum absolute atomic E-state index is 12.1. The van der Waals surface area contributed by atoms with E-state index in [4.69, 9.17) is 4.74 Å². The van der Waals surface area contributed by atoms with Crippen LogP contribution in [-0.4, -0.2) is 11.1 Å². The van der Waals surface area contributed by atoms with Crippen LogP contribution in [0.2, 0.25) is 0 Å². The van der Waals surface area contributed by atoms with Gasteiger partial charge in [-0.05, 0) is 50.1 Å². The number of aliphatic hydroxyl groups is 1. The Morgan fingerprint density at radius 3 is 2.30 bits per heavy atom. The molecule has 2 aromatic rings. The predicted octanol–water partition coefficient (Wildman–Crippen LogP) is 3.44. The summed E-state index contributed by atoms with van der Waals surface area (Å²) in [5.74, 6) is 0.125. The lowest BCUT2D eigenvalue weighted by Crippen LogP contribution is -2.17. The Bertz CT molecular complexity index is 610. The Morgan fingerprint density at radius 2 is 1.75 bits per heavy atom. The molecule has 3 nitrogen and oxygen atoms in total. The average molecular weight is 270 g/mol. The fourth-order valence-electron chi connectivity index (χ4n) is 1.92. The van der Waals surface area contributed by atoms with Gasteiger partial charge in [-0.25, -0.2) is 4.79 Å². The van der Waals surface area contributed by atoms with Crippen molar-refractivity contribution >= 4 is 5.97 Å². The SMILES string of the molecule is Cc1cc(C(C)(C)O)ccc1C(=O)Oc1ccccc1. The number of para-hydroxylation sites is 1. The smallest absolute Gasteiger partial charge is 0.343 e. The van der Waals surface area contributed by atoms with E-state index in [0.29, 0.717) is 11.3 Å². The number of benzene rings is 2. The molecule has 0 atom stereocenters. The molecular formula is C17H18O3. The van der Waals surface area contributed by atoms with Crippen LogP contribution < -0.4 is 4.74 Å². The number of esters is 1. The molecule has 0 unspecified atom stereocenters. The average Bonchev–Trinajstić information content (AvgIpc) is 2.38. The second-order valence-electron chi connectivity index (χ2n) is 5.29. The molecule has 0 heterocycles. The number of hydrogen-bond acceptors (Lipinski definition) is 3. The maximum Gasteiger partial charge on any atom is 0.343 e. The quantitative estimate of drug-likeness (QED) is 0.686. The molecule has 0 aliphatic carbocycles. The zero-order valence-corrected chi connectivity index (χ0v) is 11.9. The van der Waals surface area contributed by atoms with Crippen LogP contribution in [0.1, 0.15) is 35.3 Å². The van der Waals surface area contributed by atoms with Gasteiger partial charge in [-0.15, -0.1) is 0 Å². The summed E-state index contributed by atoms with van der Waals surface area (Å²) in [6.07, 6.45) is 0. The highest BCUT2D eigenvalue weighted by Gasteiger charge is 2.19. The number of carbonyl (C=O) groups is 1. The highest BCUT2D eigenvalue weighted by molar-refractivity contribution is 5.92. The van der Waals surface area contributed by atoms with Gasteiger partial charge in [0.1, 0.15) is 5.75 Å². The summed E-state index contributed by atoms with van der Waals surface area (Å²) >= 11 is 0. The monoisotopic (exact) mass is 270 g/mol. The fourth-order valence-corrected chi connectivity index (χ4v) is 1.92. The van der Waals surface area contributed by atoms with Crippen molar-refractivity contribution in [2.45, 2.75) is 26.4 Å². The van der Waals surface area contributed by atoms with Crippen molar-refractivity contribution in [2.24, 2.45) is 0 Å². The van der Waals surface area contributed by atoms with Gasteiger partial charge in [0.15, 0.2) is 0 Å². The second-order valence-corrected chi connectivity index (χ2v) is 5.29. The number of aryl methyl sites for hydroxylation is 1. The van der Waals surface area contributed by atoms with E-state index >= 15 is 0 Å². The molecule has 2 aromatic carbocycles. The molecule has 0 aliphatic rings. The highest BCUT2D eigenvalue weighted by atomic mass is 16.5. The molecule has 0 aromatic heterocycles. The molecule has 0 bridgehead atoms. The minimum atomic E-state index is -0.924. The standard InChI is InChI=1S/C17H18O3/c1-12-11-13(17(2,3)19)9-10-15(12)16(18)20-14-7-5-4-6-8-14/h4-11,19H,1-3H3. The minimum Gasteiger partial charge on any atom is -0.423 e. The second kappa shape index (κ2) is 5.47. The van der Waals surface area contributed by atoms with E-state index in [1.54, 1.807) is 38.1 Å². The number of carbonyl (C=O) groups excluding carboxylic acids is 1. The van der Waals surface area contributed by atoms with Crippen LogP contribution in [0.4, 0.5) is 0 Å². The van der Waals surface area contributed by atoms with Crippen LogP contribution in [0.25, 0.3) is 0 Å². The summed E-state index contributed by atoms with van der Waals surface area (Å²) in [4.78, 5) is 12.1. The minimum absolute atomic E-state index is 0.393. The molecule has 0 fully saturated rings. The topological polar surface area (TPSA) is 46.5 Å². The summed E-state index contributed by atoms with van der Waals surface area (Å²) in [6, 6.07) is 14.2. The van der Waals surface area contributed by atoms with Crippen molar-refractivity contribution < 1.29 is 14.6 Å². The van der Waals surface area contributed by atoms with Crippen molar-refractivity contribution in [3.05, 3.63) is 65.2 Å². The van der Waals surface area contributed by atoms with Gasteiger partial charge in [0.05, 0.1) is 11.2 Å².